The SMILES string of the molecule is CC(C)N(CCCl)C(=O)Cc1ccc(C(F)(F)F)cc1. The number of rotatable bonds is 5. The summed E-state index contributed by atoms with van der Waals surface area (Å²) in [6.07, 6.45) is -4.28. The van der Waals surface area contributed by atoms with Gasteiger partial charge in [-0.15, -0.1) is 11.6 Å². The first-order valence-electron chi connectivity index (χ1n) is 6.27. The molecule has 0 saturated carbocycles. The Kier molecular flexibility index (Phi) is 5.87. The molecule has 1 aromatic carbocycles. The molecular weight excluding hydrogens is 291 g/mol. The van der Waals surface area contributed by atoms with Crippen LogP contribution in [0, 0.1) is 0 Å². The van der Waals surface area contributed by atoms with Crippen molar-refractivity contribution in [3.05, 3.63) is 35.4 Å². The molecule has 0 spiro atoms. The molecule has 0 fully saturated rings. The maximum atomic E-state index is 12.4. The van der Waals surface area contributed by atoms with Gasteiger partial charge in [-0.2, -0.15) is 13.2 Å². The molecule has 0 atom stereocenters. The summed E-state index contributed by atoms with van der Waals surface area (Å²) in [6, 6.07) is 4.66. The van der Waals surface area contributed by atoms with Gasteiger partial charge in [0.15, 0.2) is 0 Å². The van der Waals surface area contributed by atoms with Gasteiger partial charge in [-0.05, 0) is 31.5 Å². The minimum atomic E-state index is -4.36. The van der Waals surface area contributed by atoms with E-state index >= 15 is 0 Å². The number of hydrogen-bond acceptors (Lipinski definition) is 1. The van der Waals surface area contributed by atoms with E-state index in [4.69, 9.17) is 11.6 Å². The molecule has 0 unspecified atom stereocenters. The van der Waals surface area contributed by atoms with Crippen LogP contribution in [0.15, 0.2) is 24.3 Å². The van der Waals surface area contributed by atoms with Gasteiger partial charge in [0, 0.05) is 18.5 Å². The van der Waals surface area contributed by atoms with E-state index in [0.29, 0.717) is 18.0 Å². The Bertz CT molecular complexity index is 443. The third-order valence-electron chi connectivity index (χ3n) is 2.91. The number of carbonyl (C=O) groups excluding carboxylic acids is 1. The number of hydrogen-bond donors (Lipinski definition) is 0. The first-order chi connectivity index (χ1) is 9.25. The standard InChI is InChI=1S/C14H17ClF3NO/c1-10(2)19(8-7-15)13(20)9-11-3-5-12(6-4-11)14(16,17)18/h3-6,10H,7-9H2,1-2H3. The van der Waals surface area contributed by atoms with E-state index in [1.807, 2.05) is 13.8 Å². The van der Waals surface area contributed by atoms with Crippen molar-refractivity contribution in [1.29, 1.82) is 0 Å². The van der Waals surface area contributed by atoms with Gasteiger partial charge < -0.3 is 4.90 Å². The number of nitrogens with zero attached hydrogens (tertiary/aromatic N) is 1. The summed E-state index contributed by atoms with van der Waals surface area (Å²) in [6.45, 7) is 4.17. The highest BCUT2D eigenvalue weighted by Crippen LogP contribution is 2.29. The van der Waals surface area contributed by atoms with Crippen molar-refractivity contribution in [2.45, 2.75) is 32.5 Å². The minimum absolute atomic E-state index is 0.00991. The fourth-order valence-corrected chi connectivity index (χ4v) is 2.03. The first kappa shape index (κ1) is 16.8. The molecule has 1 amide bonds. The second-order valence-electron chi connectivity index (χ2n) is 4.74. The van der Waals surface area contributed by atoms with Gasteiger partial charge >= 0.3 is 6.18 Å². The summed E-state index contributed by atoms with van der Waals surface area (Å²) in [4.78, 5) is 13.7. The smallest absolute Gasteiger partial charge is 0.339 e. The average molecular weight is 308 g/mol. The van der Waals surface area contributed by atoms with Gasteiger partial charge in [0.25, 0.3) is 0 Å². The molecule has 0 heterocycles. The highest BCUT2D eigenvalue weighted by Gasteiger charge is 2.30. The van der Waals surface area contributed by atoms with Crippen LogP contribution >= 0.6 is 11.6 Å². The van der Waals surface area contributed by atoms with Gasteiger partial charge in [-0.25, -0.2) is 0 Å². The first-order valence-corrected chi connectivity index (χ1v) is 6.80. The summed E-state index contributed by atoms with van der Waals surface area (Å²) < 4.78 is 37.3. The maximum Gasteiger partial charge on any atom is 0.416 e. The summed E-state index contributed by atoms with van der Waals surface area (Å²) >= 11 is 5.64. The van der Waals surface area contributed by atoms with E-state index in [1.54, 1.807) is 4.90 Å². The summed E-state index contributed by atoms with van der Waals surface area (Å²) in [5.41, 5.74) is -0.154. The number of carbonyl (C=O) groups is 1. The number of amides is 1. The summed E-state index contributed by atoms with van der Waals surface area (Å²) in [5.74, 6) is 0.192. The Hall–Kier alpha value is -1.23. The fraction of sp³-hybridized carbons (Fsp3) is 0.500. The van der Waals surface area contributed by atoms with Crippen molar-refractivity contribution in [3.8, 4) is 0 Å². The molecule has 20 heavy (non-hydrogen) atoms. The third-order valence-corrected chi connectivity index (χ3v) is 3.07. The quantitative estimate of drug-likeness (QED) is 0.759. The highest BCUT2D eigenvalue weighted by molar-refractivity contribution is 6.18. The monoisotopic (exact) mass is 307 g/mol. The Balaban J connectivity index is 2.75. The zero-order valence-corrected chi connectivity index (χ0v) is 12.1. The lowest BCUT2D eigenvalue weighted by atomic mass is 10.1. The predicted octanol–water partition coefficient (Wildman–Crippen LogP) is 3.72. The van der Waals surface area contributed by atoms with Crippen molar-refractivity contribution in [2.75, 3.05) is 12.4 Å². The Morgan fingerprint density at radius 1 is 1.25 bits per heavy atom. The minimum Gasteiger partial charge on any atom is -0.339 e. The topological polar surface area (TPSA) is 20.3 Å². The lowest BCUT2D eigenvalue weighted by Crippen LogP contribution is -2.39. The van der Waals surface area contributed by atoms with Gasteiger partial charge in [0.2, 0.25) is 5.91 Å². The molecule has 0 aliphatic carbocycles. The summed E-state index contributed by atoms with van der Waals surface area (Å²) in [7, 11) is 0. The van der Waals surface area contributed by atoms with Crippen LogP contribution in [-0.2, 0) is 17.4 Å². The zero-order valence-electron chi connectivity index (χ0n) is 11.4. The molecule has 0 aliphatic heterocycles. The van der Waals surface area contributed by atoms with E-state index in [2.05, 4.69) is 0 Å². The molecule has 0 radical (unpaired) electrons. The van der Waals surface area contributed by atoms with E-state index in [9.17, 15) is 18.0 Å². The Morgan fingerprint density at radius 2 is 1.80 bits per heavy atom. The molecule has 0 aliphatic rings. The molecule has 1 rings (SSSR count). The van der Waals surface area contributed by atoms with Crippen LogP contribution in [0.4, 0.5) is 13.2 Å². The van der Waals surface area contributed by atoms with Gasteiger partial charge in [-0.1, -0.05) is 12.1 Å². The lowest BCUT2D eigenvalue weighted by Gasteiger charge is -2.26. The van der Waals surface area contributed by atoms with Crippen LogP contribution in [-0.4, -0.2) is 29.3 Å². The van der Waals surface area contributed by atoms with E-state index in [0.717, 1.165) is 12.1 Å². The normalized spacial score (nSPS) is 11.8. The van der Waals surface area contributed by atoms with E-state index in [-0.39, 0.29) is 18.4 Å². The van der Waals surface area contributed by atoms with Crippen molar-refractivity contribution in [2.24, 2.45) is 0 Å². The van der Waals surface area contributed by atoms with Crippen LogP contribution in [0.2, 0.25) is 0 Å². The molecule has 0 saturated heterocycles. The van der Waals surface area contributed by atoms with Crippen LogP contribution in [0.5, 0.6) is 0 Å². The Labute approximate surface area is 121 Å². The summed E-state index contributed by atoms with van der Waals surface area (Å²) in [5, 5.41) is 0. The van der Waals surface area contributed by atoms with Gasteiger partial charge in [0.1, 0.15) is 0 Å². The highest BCUT2D eigenvalue weighted by atomic mass is 35.5. The van der Waals surface area contributed by atoms with Gasteiger partial charge in [-0.3, -0.25) is 4.79 Å². The number of alkyl halides is 4. The van der Waals surface area contributed by atoms with Crippen molar-refractivity contribution >= 4 is 17.5 Å². The van der Waals surface area contributed by atoms with Crippen molar-refractivity contribution in [3.63, 3.8) is 0 Å². The van der Waals surface area contributed by atoms with E-state index < -0.39 is 11.7 Å². The molecule has 0 aromatic heterocycles. The van der Waals surface area contributed by atoms with Crippen LogP contribution in [0.25, 0.3) is 0 Å². The molecule has 112 valence electrons. The average Bonchev–Trinajstić information content (AvgIpc) is 2.34. The molecule has 2 nitrogen and oxygen atoms in total. The second-order valence-corrected chi connectivity index (χ2v) is 5.12. The predicted molar refractivity (Wildman–Crippen MR) is 72.7 cm³/mol. The maximum absolute atomic E-state index is 12.4. The second kappa shape index (κ2) is 6.97. The number of halogens is 4. The molecular formula is C14H17ClF3NO. The third kappa shape index (κ3) is 4.71. The molecule has 1 aromatic rings. The van der Waals surface area contributed by atoms with Crippen molar-refractivity contribution < 1.29 is 18.0 Å². The van der Waals surface area contributed by atoms with E-state index in [1.165, 1.54) is 12.1 Å². The van der Waals surface area contributed by atoms with Crippen LogP contribution in [0.3, 0.4) is 0 Å². The lowest BCUT2D eigenvalue weighted by molar-refractivity contribution is -0.137. The largest absolute Gasteiger partial charge is 0.416 e. The van der Waals surface area contributed by atoms with Crippen LogP contribution < -0.4 is 0 Å². The zero-order chi connectivity index (χ0) is 15.3. The fourth-order valence-electron chi connectivity index (χ4n) is 1.85. The van der Waals surface area contributed by atoms with Crippen molar-refractivity contribution in [1.82, 2.24) is 4.90 Å². The Morgan fingerprint density at radius 3 is 2.20 bits per heavy atom. The molecule has 0 bridgehead atoms. The molecule has 0 N–H and O–H groups in total. The number of benzene rings is 1. The van der Waals surface area contributed by atoms with Gasteiger partial charge in [0.05, 0.1) is 12.0 Å². The van der Waals surface area contributed by atoms with Crippen LogP contribution in [0.1, 0.15) is 25.0 Å². The molecule has 6 heteroatoms.